The molecule has 1 aromatic heterocycles. The third-order valence-corrected chi connectivity index (χ3v) is 14.4. The molecule has 6 rings (SSSR count). The lowest BCUT2D eigenvalue weighted by molar-refractivity contribution is -0.160. The fourth-order valence-electron chi connectivity index (χ4n) is 8.47. The van der Waals surface area contributed by atoms with E-state index in [0.717, 1.165) is 11.8 Å². The topological polar surface area (TPSA) is 167 Å². The van der Waals surface area contributed by atoms with E-state index < -0.39 is 55.7 Å². The van der Waals surface area contributed by atoms with Gasteiger partial charge in [0.2, 0.25) is 27.7 Å². The highest BCUT2D eigenvalue weighted by atomic mass is 32.2. The molecule has 2 aliphatic carbocycles. The maximum absolute atomic E-state index is 14.9. The van der Waals surface area contributed by atoms with Crippen molar-refractivity contribution in [2.24, 2.45) is 29.1 Å². The van der Waals surface area contributed by atoms with Gasteiger partial charge < -0.3 is 23.8 Å². The molecule has 57 heavy (non-hydrogen) atoms. The number of esters is 1. The molecule has 2 aromatic rings. The minimum Gasteiger partial charge on any atom is -0.497 e. The Hall–Kier alpha value is -4.20. The molecule has 0 unspecified atom stereocenters. The van der Waals surface area contributed by atoms with Crippen molar-refractivity contribution in [2.45, 2.75) is 129 Å². The summed E-state index contributed by atoms with van der Waals surface area (Å²) in [5, 5.41) is 1.38. The summed E-state index contributed by atoms with van der Waals surface area (Å²) < 4.78 is 51.4. The molecule has 2 saturated carbocycles. The van der Waals surface area contributed by atoms with E-state index in [-0.39, 0.29) is 55.3 Å². The second-order valence-electron chi connectivity index (χ2n) is 18.0. The minimum absolute atomic E-state index is 0.0319. The predicted molar refractivity (Wildman–Crippen MR) is 214 cm³/mol. The SMILES string of the molecule is CCOc1cnc(O[C@@H]2C[C@H]3C(=O)C[C@]4(C(=O)NS(=O)(=O)C5(C)CC5)C[C@H]4/C=C\CC[C@H](C)C[C@@H](C)[C@H](CC(=O)OC(C)(C)C)C(=O)N3C2)c2ccc(OC)cc12. The smallest absolute Gasteiger partial charge is 0.307 e. The van der Waals surface area contributed by atoms with Gasteiger partial charge in [0.15, 0.2) is 5.78 Å². The van der Waals surface area contributed by atoms with Gasteiger partial charge in [-0.3, -0.25) is 23.9 Å². The maximum Gasteiger partial charge on any atom is 0.307 e. The van der Waals surface area contributed by atoms with Gasteiger partial charge in [0.1, 0.15) is 23.2 Å². The van der Waals surface area contributed by atoms with Gasteiger partial charge in [-0.15, -0.1) is 0 Å². The average Bonchev–Trinajstić information content (AvgIpc) is 4.02. The van der Waals surface area contributed by atoms with Crippen molar-refractivity contribution in [3.05, 3.63) is 36.5 Å². The number of amides is 2. The Balaban J connectivity index is 1.36. The number of fused-ring (bicyclic) bond motifs is 3. The van der Waals surface area contributed by atoms with Crippen LogP contribution in [0.5, 0.6) is 17.4 Å². The Morgan fingerprint density at radius 1 is 1.09 bits per heavy atom. The number of ether oxygens (including phenoxy) is 4. The Morgan fingerprint density at radius 2 is 1.82 bits per heavy atom. The lowest BCUT2D eigenvalue weighted by atomic mass is 9.82. The zero-order valence-corrected chi connectivity index (χ0v) is 35.4. The van der Waals surface area contributed by atoms with Gasteiger partial charge in [0.25, 0.3) is 0 Å². The lowest BCUT2D eigenvalue weighted by Crippen LogP contribution is -2.48. The number of pyridine rings is 1. The van der Waals surface area contributed by atoms with Crippen LogP contribution in [0.15, 0.2) is 36.5 Å². The number of hydrogen-bond donors (Lipinski definition) is 1. The van der Waals surface area contributed by atoms with E-state index in [9.17, 15) is 27.6 Å². The Kier molecular flexibility index (Phi) is 12.1. The molecule has 4 aliphatic rings. The van der Waals surface area contributed by atoms with Crippen LogP contribution in [0.1, 0.15) is 106 Å². The van der Waals surface area contributed by atoms with Gasteiger partial charge in [-0.25, -0.2) is 13.4 Å². The van der Waals surface area contributed by atoms with Crippen molar-refractivity contribution in [2.75, 3.05) is 20.3 Å². The first kappa shape index (κ1) is 42.4. The monoisotopic (exact) mass is 809 g/mol. The van der Waals surface area contributed by atoms with Crippen LogP contribution >= 0.6 is 0 Å². The first-order valence-electron chi connectivity index (χ1n) is 20.3. The number of hydrogen-bond acceptors (Lipinski definition) is 11. The van der Waals surface area contributed by atoms with Crippen LogP contribution < -0.4 is 18.9 Å². The third-order valence-electron chi connectivity index (χ3n) is 12.2. The van der Waals surface area contributed by atoms with Crippen LogP contribution in [0.4, 0.5) is 0 Å². The quantitative estimate of drug-likeness (QED) is 0.211. The molecule has 0 spiro atoms. The summed E-state index contributed by atoms with van der Waals surface area (Å²) in [6.07, 6.45) is 7.96. The summed E-state index contributed by atoms with van der Waals surface area (Å²) in [5.74, 6) is -1.60. The minimum atomic E-state index is -3.96. The van der Waals surface area contributed by atoms with Crippen LogP contribution in [0, 0.1) is 29.1 Å². The normalized spacial score (nSPS) is 29.6. The third kappa shape index (κ3) is 9.26. The predicted octanol–water partition coefficient (Wildman–Crippen LogP) is 6.31. The molecule has 0 bridgehead atoms. The average molecular weight is 810 g/mol. The molecule has 1 saturated heterocycles. The molecule has 7 atom stereocenters. The van der Waals surface area contributed by atoms with Crippen molar-refractivity contribution in [1.29, 1.82) is 0 Å². The van der Waals surface area contributed by atoms with E-state index in [1.165, 1.54) is 4.90 Å². The molecule has 0 radical (unpaired) electrons. The first-order valence-corrected chi connectivity index (χ1v) is 21.8. The molecule has 2 amide bonds. The zero-order chi connectivity index (χ0) is 41.5. The molecule has 13 nitrogen and oxygen atoms in total. The number of carbonyl (C=O) groups excluding carboxylic acids is 4. The summed E-state index contributed by atoms with van der Waals surface area (Å²) in [6.45, 7) is 13.4. The van der Waals surface area contributed by atoms with Crippen LogP contribution in [0.2, 0.25) is 0 Å². The second kappa shape index (κ2) is 16.2. The summed E-state index contributed by atoms with van der Waals surface area (Å²) >= 11 is 0. The molecule has 3 heterocycles. The molecule has 312 valence electrons. The van der Waals surface area contributed by atoms with E-state index in [2.05, 4.69) is 16.6 Å². The van der Waals surface area contributed by atoms with Crippen LogP contribution in [0.25, 0.3) is 10.8 Å². The molecule has 14 heteroatoms. The number of benzene rings is 1. The Bertz CT molecular complexity index is 2020. The number of nitrogens with one attached hydrogen (secondary N) is 1. The Morgan fingerprint density at radius 3 is 2.49 bits per heavy atom. The molecular weight excluding hydrogens is 751 g/mol. The fourth-order valence-corrected chi connectivity index (χ4v) is 9.80. The van der Waals surface area contributed by atoms with Gasteiger partial charge >= 0.3 is 5.97 Å². The van der Waals surface area contributed by atoms with E-state index >= 15 is 0 Å². The maximum atomic E-state index is 14.9. The van der Waals surface area contributed by atoms with Crippen LogP contribution in [-0.4, -0.2) is 84.6 Å². The number of sulfonamides is 1. The van der Waals surface area contributed by atoms with Gasteiger partial charge in [0.05, 0.1) is 55.0 Å². The van der Waals surface area contributed by atoms with Gasteiger partial charge in [0, 0.05) is 23.6 Å². The molecule has 2 aliphatic heterocycles. The van der Waals surface area contributed by atoms with E-state index in [4.69, 9.17) is 18.9 Å². The largest absolute Gasteiger partial charge is 0.497 e. The zero-order valence-electron chi connectivity index (χ0n) is 34.6. The summed E-state index contributed by atoms with van der Waals surface area (Å²) in [6, 6.07) is 4.44. The Labute approximate surface area is 336 Å². The number of ketones is 1. The molecule has 1 aromatic carbocycles. The fraction of sp³-hybridized carbons (Fsp3) is 0.651. The highest BCUT2D eigenvalue weighted by Crippen LogP contribution is 2.58. The van der Waals surface area contributed by atoms with Crippen LogP contribution in [0.3, 0.4) is 0 Å². The van der Waals surface area contributed by atoms with Gasteiger partial charge in [-0.1, -0.05) is 26.0 Å². The molecule has 1 N–H and O–H groups in total. The standard InChI is InChI=1S/C43H59N3O10S/c1-9-54-36-24-44-38(31-15-14-29(53-8)19-33(31)36)55-30-20-34-35(47)23-43(40(50)45-57(51,52)42(7)16-17-42)22-28(43)13-11-10-12-26(2)18-27(3)32(39(49)46(34)25-30)21-37(48)56-41(4,5)6/h11,13-15,19,24,26-28,30,32,34H,9-10,12,16-18,20-23,25H2,1-8H3,(H,45,50)/b13-11-/t26-,27+,28+,30+,32-,34-,43+/m0/s1. The number of rotatable bonds is 10. The lowest BCUT2D eigenvalue weighted by Gasteiger charge is -2.32. The van der Waals surface area contributed by atoms with Crippen molar-refractivity contribution >= 4 is 44.4 Å². The number of Topliss-reactive ketones (excluding diaryl/α,β-unsaturated/α-hetero) is 1. The summed E-state index contributed by atoms with van der Waals surface area (Å²) in [7, 11) is -2.39. The number of methoxy groups -OCH3 is 1. The van der Waals surface area contributed by atoms with Crippen molar-refractivity contribution < 1.29 is 46.5 Å². The highest BCUT2D eigenvalue weighted by molar-refractivity contribution is 7.91. The van der Waals surface area contributed by atoms with E-state index in [0.29, 0.717) is 61.5 Å². The number of carbonyl (C=O) groups is 4. The highest BCUT2D eigenvalue weighted by Gasteiger charge is 2.62. The summed E-state index contributed by atoms with van der Waals surface area (Å²) in [4.78, 5) is 63.1. The number of allylic oxidation sites excluding steroid dienone is 2. The molecular formula is C43H59N3O10S. The van der Waals surface area contributed by atoms with Crippen molar-refractivity contribution in [3.63, 3.8) is 0 Å². The van der Waals surface area contributed by atoms with Gasteiger partial charge in [-0.05, 0) is 109 Å². The van der Waals surface area contributed by atoms with E-state index in [1.54, 1.807) is 47.1 Å². The van der Waals surface area contributed by atoms with Crippen molar-refractivity contribution in [3.8, 4) is 17.4 Å². The summed E-state index contributed by atoms with van der Waals surface area (Å²) in [5.41, 5.74) is -2.04. The van der Waals surface area contributed by atoms with E-state index in [1.807, 2.05) is 38.1 Å². The van der Waals surface area contributed by atoms with Crippen LogP contribution in [-0.2, 0) is 33.9 Å². The molecule has 3 fully saturated rings. The van der Waals surface area contributed by atoms with Gasteiger partial charge in [-0.2, -0.15) is 0 Å². The second-order valence-corrected chi connectivity index (χ2v) is 20.2. The number of nitrogens with zero attached hydrogens (tertiary/aromatic N) is 2. The number of aromatic nitrogens is 1. The van der Waals surface area contributed by atoms with Crippen molar-refractivity contribution in [1.82, 2.24) is 14.6 Å². The first-order chi connectivity index (χ1) is 26.8.